The number of allylic oxidation sites excluding steroid dienone is 1. The van der Waals surface area contributed by atoms with Crippen LogP contribution in [0.3, 0.4) is 0 Å². The van der Waals surface area contributed by atoms with Gasteiger partial charge in [-0.15, -0.1) is 0 Å². The third-order valence-electron chi connectivity index (χ3n) is 3.92. The van der Waals surface area contributed by atoms with Crippen molar-refractivity contribution in [1.82, 2.24) is 0 Å². The van der Waals surface area contributed by atoms with E-state index in [9.17, 15) is 0 Å². The van der Waals surface area contributed by atoms with Crippen LogP contribution in [0.25, 0.3) is 5.57 Å². The van der Waals surface area contributed by atoms with Gasteiger partial charge in [0.1, 0.15) is 0 Å². The standard InChI is InChI=1S/C22H28O3/c1-15-8-10-16(11-9-15)18(14-22(2,3)4)17-12-19(23-5)21(25-7)20(13-17)24-6/h8-14H,1-7H3/b18-14+. The summed E-state index contributed by atoms with van der Waals surface area (Å²) in [5.41, 5.74) is 4.61. The molecular formula is C22H28O3. The number of hydrogen-bond donors (Lipinski definition) is 0. The summed E-state index contributed by atoms with van der Waals surface area (Å²) in [5.74, 6) is 1.92. The number of aryl methyl sites for hydroxylation is 1. The van der Waals surface area contributed by atoms with Gasteiger partial charge in [0, 0.05) is 0 Å². The first-order valence-electron chi connectivity index (χ1n) is 8.39. The molecule has 134 valence electrons. The van der Waals surface area contributed by atoms with Crippen LogP contribution in [0, 0.1) is 12.3 Å². The number of rotatable bonds is 5. The van der Waals surface area contributed by atoms with Crippen LogP contribution in [0.15, 0.2) is 42.5 Å². The van der Waals surface area contributed by atoms with Crippen LogP contribution in [-0.2, 0) is 0 Å². The molecule has 0 saturated carbocycles. The van der Waals surface area contributed by atoms with E-state index in [0.717, 1.165) is 16.7 Å². The SMILES string of the molecule is COc1cc(/C(=C/C(C)(C)C)c2ccc(C)cc2)cc(OC)c1OC. The van der Waals surface area contributed by atoms with E-state index in [1.807, 2.05) is 12.1 Å². The Hall–Kier alpha value is -2.42. The van der Waals surface area contributed by atoms with E-state index < -0.39 is 0 Å². The second-order valence-corrected chi connectivity index (χ2v) is 7.20. The largest absolute Gasteiger partial charge is 0.493 e. The number of methoxy groups -OCH3 is 3. The van der Waals surface area contributed by atoms with Crippen molar-refractivity contribution in [2.45, 2.75) is 27.7 Å². The second kappa shape index (κ2) is 7.64. The predicted molar refractivity (Wildman–Crippen MR) is 104 cm³/mol. The molecule has 0 atom stereocenters. The molecule has 0 unspecified atom stereocenters. The summed E-state index contributed by atoms with van der Waals surface area (Å²) >= 11 is 0. The highest BCUT2D eigenvalue weighted by molar-refractivity contribution is 5.82. The van der Waals surface area contributed by atoms with Gasteiger partial charge >= 0.3 is 0 Å². The molecule has 2 rings (SSSR count). The summed E-state index contributed by atoms with van der Waals surface area (Å²) in [5, 5.41) is 0. The fourth-order valence-corrected chi connectivity index (χ4v) is 2.74. The summed E-state index contributed by atoms with van der Waals surface area (Å²) in [6.07, 6.45) is 2.28. The van der Waals surface area contributed by atoms with Crippen LogP contribution < -0.4 is 14.2 Å². The number of benzene rings is 2. The molecule has 0 aromatic heterocycles. The average Bonchev–Trinajstić information content (AvgIpc) is 2.58. The quantitative estimate of drug-likeness (QED) is 0.719. The minimum Gasteiger partial charge on any atom is -0.493 e. The first-order valence-corrected chi connectivity index (χ1v) is 8.39. The van der Waals surface area contributed by atoms with E-state index in [1.54, 1.807) is 21.3 Å². The molecule has 0 aliphatic heterocycles. The Morgan fingerprint density at radius 2 is 1.32 bits per heavy atom. The van der Waals surface area contributed by atoms with Gasteiger partial charge in [0.15, 0.2) is 11.5 Å². The van der Waals surface area contributed by atoms with Crippen LogP contribution in [0.2, 0.25) is 0 Å². The maximum Gasteiger partial charge on any atom is 0.203 e. The fourth-order valence-electron chi connectivity index (χ4n) is 2.74. The zero-order chi connectivity index (χ0) is 18.6. The van der Waals surface area contributed by atoms with Crippen molar-refractivity contribution in [1.29, 1.82) is 0 Å². The molecule has 0 aliphatic rings. The van der Waals surface area contributed by atoms with Gasteiger partial charge in [0.25, 0.3) is 0 Å². The lowest BCUT2D eigenvalue weighted by Gasteiger charge is -2.20. The second-order valence-electron chi connectivity index (χ2n) is 7.20. The molecule has 0 aliphatic carbocycles. The van der Waals surface area contributed by atoms with Crippen LogP contribution in [0.5, 0.6) is 17.2 Å². The maximum atomic E-state index is 5.52. The number of ether oxygens (including phenoxy) is 3. The molecule has 0 spiro atoms. The van der Waals surface area contributed by atoms with Crippen molar-refractivity contribution in [3.63, 3.8) is 0 Å². The Morgan fingerprint density at radius 1 is 0.800 bits per heavy atom. The molecule has 0 N–H and O–H groups in total. The van der Waals surface area contributed by atoms with Gasteiger partial charge in [-0.2, -0.15) is 0 Å². The van der Waals surface area contributed by atoms with Crippen molar-refractivity contribution >= 4 is 5.57 Å². The first kappa shape index (κ1) is 18.9. The topological polar surface area (TPSA) is 27.7 Å². The van der Waals surface area contributed by atoms with E-state index in [-0.39, 0.29) is 5.41 Å². The molecule has 2 aromatic rings. The number of hydrogen-bond acceptors (Lipinski definition) is 3. The molecule has 0 radical (unpaired) electrons. The van der Waals surface area contributed by atoms with Crippen LogP contribution in [-0.4, -0.2) is 21.3 Å². The zero-order valence-electron chi connectivity index (χ0n) is 16.3. The van der Waals surface area contributed by atoms with Crippen molar-refractivity contribution in [3.8, 4) is 17.2 Å². The van der Waals surface area contributed by atoms with Gasteiger partial charge < -0.3 is 14.2 Å². The van der Waals surface area contributed by atoms with Gasteiger partial charge in [-0.25, -0.2) is 0 Å². The monoisotopic (exact) mass is 340 g/mol. The molecule has 25 heavy (non-hydrogen) atoms. The molecular weight excluding hydrogens is 312 g/mol. The Morgan fingerprint density at radius 3 is 1.72 bits per heavy atom. The predicted octanol–water partition coefficient (Wildman–Crippen LogP) is 5.50. The minimum absolute atomic E-state index is 0.0284. The smallest absolute Gasteiger partial charge is 0.203 e. The Bertz CT molecular complexity index is 725. The first-order chi connectivity index (χ1) is 11.8. The Kier molecular flexibility index (Phi) is 5.78. The maximum absolute atomic E-state index is 5.52. The lowest BCUT2D eigenvalue weighted by molar-refractivity contribution is 0.324. The van der Waals surface area contributed by atoms with Gasteiger partial charge in [0.05, 0.1) is 21.3 Å². The van der Waals surface area contributed by atoms with E-state index in [1.165, 1.54) is 5.56 Å². The zero-order valence-corrected chi connectivity index (χ0v) is 16.3. The third kappa shape index (κ3) is 4.56. The highest BCUT2D eigenvalue weighted by atomic mass is 16.5. The van der Waals surface area contributed by atoms with E-state index in [2.05, 4.69) is 58.0 Å². The van der Waals surface area contributed by atoms with Crippen molar-refractivity contribution in [2.24, 2.45) is 5.41 Å². The molecule has 0 saturated heterocycles. The van der Waals surface area contributed by atoms with Crippen LogP contribution >= 0.6 is 0 Å². The average molecular weight is 340 g/mol. The highest BCUT2D eigenvalue weighted by Gasteiger charge is 2.18. The Labute approximate surface area is 151 Å². The molecule has 0 amide bonds. The normalized spacial score (nSPS) is 12.0. The molecule has 3 nitrogen and oxygen atoms in total. The molecule has 0 heterocycles. The van der Waals surface area contributed by atoms with E-state index in [4.69, 9.17) is 14.2 Å². The van der Waals surface area contributed by atoms with E-state index in [0.29, 0.717) is 17.2 Å². The highest BCUT2D eigenvalue weighted by Crippen LogP contribution is 2.41. The summed E-state index contributed by atoms with van der Waals surface area (Å²) in [6.45, 7) is 8.67. The fraction of sp³-hybridized carbons (Fsp3) is 0.364. The molecule has 3 heteroatoms. The van der Waals surface area contributed by atoms with Gasteiger partial charge in [0.2, 0.25) is 5.75 Å². The minimum atomic E-state index is 0.0284. The van der Waals surface area contributed by atoms with Gasteiger partial charge in [-0.3, -0.25) is 0 Å². The van der Waals surface area contributed by atoms with Crippen LogP contribution in [0.4, 0.5) is 0 Å². The lowest BCUT2D eigenvalue weighted by Crippen LogP contribution is -2.03. The summed E-state index contributed by atoms with van der Waals surface area (Å²) in [7, 11) is 4.89. The van der Waals surface area contributed by atoms with Crippen molar-refractivity contribution < 1.29 is 14.2 Å². The van der Waals surface area contributed by atoms with Crippen molar-refractivity contribution in [2.75, 3.05) is 21.3 Å². The Balaban J connectivity index is 2.70. The van der Waals surface area contributed by atoms with Gasteiger partial charge in [-0.1, -0.05) is 56.7 Å². The third-order valence-corrected chi connectivity index (χ3v) is 3.92. The molecule has 2 aromatic carbocycles. The van der Waals surface area contributed by atoms with Crippen molar-refractivity contribution in [3.05, 3.63) is 59.2 Å². The summed E-state index contributed by atoms with van der Waals surface area (Å²) < 4.78 is 16.5. The van der Waals surface area contributed by atoms with Crippen LogP contribution in [0.1, 0.15) is 37.5 Å². The van der Waals surface area contributed by atoms with Gasteiger partial charge in [-0.05, 0) is 41.2 Å². The summed E-state index contributed by atoms with van der Waals surface area (Å²) in [6, 6.07) is 12.6. The van der Waals surface area contributed by atoms with E-state index >= 15 is 0 Å². The molecule has 0 bridgehead atoms. The summed E-state index contributed by atoms with van der Waals surface area (Å²) in [4.78, 5) is 0. The lowest BCUT2D eigenvalue weighted by atomic mass is 9.87. The molecule has 0 fully saturated rings.